The Balaban J connectivity index is 1.66. The lowest BCUT2D eigenvalue weighted by Crippen LogP contribution is -2.12. The fourth-order valence-corrected chi connectivity index (χ4v) is 4.18. The second-order valence-electron chi connectivity index (χ2n) is 7.79. The fourth-order valence-electron chi connectivity index (χ4n) is 4.18. The van der Waals surface area contributed by atoms with E-state index in [0.29, 0.717) is 40.1 Å². The van der Waals surface area contributed by atoms with Gasteiger partial charge in [-0.1, -0.05) is 12.1 Å². The molecule has 0 aliphatic carbocycles. The van der Waals surface area contributed by atoms with Gasteiger partial charge < -0.3 is 19.6 Å². The summed E-state index contributed by atoms with van der Waals surface area (Å²) in [5.74, 6) is -0.811. The lowest BCUT2D eigenvalue weighted by Gasteiger charge is -2.10. The molecule has 1 aromatic carbocycles. The van der Waals surface area contributed by atoms with Gasteiger partial charge >= 0.3 is 5.97 Å². The van der Waals surface area contributed by atoms with E-state index in [2.05, 4.69) is 20.4 Å². The highest BCUT2D eigenvalue weighted by Gasteiger charge is 2.22. The summed E-state index contributed by atoms with van der Waals surface area (Å²) in [4.78, 5) is 44.3. The van der Waals surface area contributed by atoms with Gasteiger partial charge in [0.25, 0.3) is 5.56 Å². The first-order chi connectivity index (χ1) is 16.9. The second kappa shape index (κ2) is 9.80. The van der Waals surface area contributed by atoms with Crippen LogP contribution in [-0.2, 0) is 16.1 Å². The molecule has 0 spiro atoms. The first-order valence-corrected chi connectivity index (χ1v) is 11.2. The lowest BCUT2D eigenvalue weighted by atomic mass is 10.1. The molecular weight excluding hydrogens is 448 g/mol. The minimum Gasteiger partial charge on any atom is -0.462 e. The minimum absolute atomic E-state index is 0.262. The average Bonchev–Trinajstić information content (AvgIpc) is 3.37. The van der Waals surface area contributed by atoms with Crippen LogP contribution in [0.3, 0.4) is 0 Å². The monoisotopic (exact) mass is 474 g/mol. The Morgan fingerprint density at radius 1 is 1.17 bits per heavy atom. The molecule has 0 fully saturated rings. The van der Waals surface area contributed by atoms with E-state index in [-0.39, 0.29) is 12.2 Å². The van der Waals surface area contributed by atoms with Gasteiger partial charge in [0.15, 0.2) is 5.65 Å². The van der Waals surface area contributed by atoms with Gasteiger partial charge in [0.05, 0.1) is 36.1 Å². The fraction of sp³-hybridized carbons (Fsp3) is 0.240. The Morgan fingerprint density at radius 2 is 1.94 bits per heavy atom. The quantitative estimate of drug-likeness (QED) is 0.313. The summed E-state index contributed by atoms with van der Waals surface area (Å²) in [6, 6.07) is 7.08. The van der Waals surface area contributed by atoms with Crippen LogP contribution in [0.4, 0.5) is 5.69 Å². The van der Waals surface area contributed by atoms with E-state index in [9.17, 15) is 14.4 Å². The van der Waals surface area contributed by atoms with Gasteiger partial charge in [-0.25, -0.2) is 14.5 Å². The van der Waals surface area contributed by atoms with Crippen molar-refractivity contribution in [1.29, 1.82) is 0 Å². The molecule has 10 heteroatoms. The van der Waals surface area contributed by atoms with Crippen LogP contribution < -0.4 is 10.9 Å². The SMILES string of the molecule is CCOC(=O)c1c(/C=C/C(=O)Nc2ccccc2-n2ncc3c(=O)[nH]cnc32)c(C)n(CC)c1C. The maximum Gasteiger partial charge on any atom is 0.340 e. The number of nitrogens with zero attached hydrogens (tertiary/aromatic N) is 4. The number of aromatic amines is 1. The molecule has 1 amide bonds. The van der Waals surface area contributed by atoms with Gasteiger partial charge in [0.1, 0.15) is 5.39 Å². The molecule has 35 heavy (non-hydrogen) atoms. The Kier molecular flexibility index (Phi) is 6.63. The number of carbonyl (C=O) groups is 2. The topological polar surface area (TPSA) is 124 Å². The number of benzene rings is 1. The molecule has 2 N–H and O–H groups in total. The van der Waals surface area contributed by atoms with Gasteiger partial charge in [0, 0.05) is 29.6 Å². The number of hydrogen-bond acceptors (Lipinski definition) is 6. The third kappa shape index (κ3) is 4.37. The van der Waals surface area contributed by atoms with Crippen LogP contribution in [0.25, 0.3) is 22.8 Å². The van der Waals surface area contributed by atoms with Crippen LogP contribution in [0.1, 0.15) is 41.2 Å². The number of rotatable bonds is 7. The summed E-state index contributed by atoms with van der Waals surface area (Å²) in [7, 11) is 0. The summed E-state index contributed by atoms with van der Waals surface area (Å²) in [5, 5.41) is 7.47. The normalized spacial score (nSPS) is 11.3. The number of aromatic nitrogens is 5. The first-order valence-electron chi connectivity index (χ1n) is 11.2. The van der Waals surface area contributed by atoms with Gasteiger partial charge in [0.2, 0.25) is 5.91 Å². The maximum atomic E-state index is 12.9. The molecule has 0 atom stereocenters. The molecule has 180 valence electrons. The molecule has 0 aliphatic rings. The molecule has 0 unspecified atom stereocenters. The number of hydrogen-bond donors (Lipinski definition) is 2. The van der Waals surface area contributed by atoms with Gasteiger partial charge in [-0.3, -0.25) is 9.59 Å². The highest BCUT2D eigenvalue weighted by atomic mass is 16.5. The number of carbonyl (C=O) groups excluding carboxylic acids is 2. The Morgan fingerprint density at radius 3 is 2.69 bits per heavy atom. The number of para-hydroxylation sites is 2. The lowest BCUT2D eigenvalue weighted by molar-refractivity contribution is -0.111. The summed E-state index contributed by atoms with van der Waals surface area (Å²) in [5.41, 5.74) is 3.88. The van der Waals surface area contributed by atoms with E-state index in [1.54, 1.807) is 37.3 Å². The number of anilines is 1. The molecule has 10 nitrogen and oxygen atoms in total. The standard InChI is InChI=1S/C25H26N6O4/c1-5-30-15(3)17(22(16(30)4)25(34)35-6-2)11-12-21(32)29-19-9-7-8-10-20(19)31-23-18(13-28-31)24(33)27-14-26-23/h7-14H,5-6H2,1-4H3,(H,29,32)(H,26,27,33)/b12-11+. The smallest absolute Gasteiger partial charge is 0.340 e. The number of fused-ring (bicyclic) bond motifs is 1. The van der Waals surface area contributed by atoms with Crippen molar-refractivity contribution in [2.75, 3.05) is 11.9 Å². The van der Waals surface area contributed by atoms with Crippen molar-refractivity contribution in [2.24, 2.45) is 0 Å². The van der Waals surface area contributed by atoms with Gasteiger partial charge in [-0.2, -0.15) is 5.10 Å². The maximum absolute atomic E-state index is 12.9. The number of ether oxygens (including phenoxy) is 1. The van der Waals surface area contributed by atoms with Crippen LogP contribution in [0, 0.1) is 13.8 Å². The van der Waals surface area contributed by atoms with Crippen LogP contribution in [-0.4, -0.2) is 42.8 Å². The summed E-state index contributed by atoms with van der Waals surface area (Å²) < 4.78 is 8.75. The van der Waals surface area contributed by atoms with E-state index < -0.39 is 11.9 Å². The summed E-state index contributed by atoms with van der Waals surface area (Å²) in [6.07, 6.45) is 5.75. The molecule has 4 rings (SSSR count). The Labute approximate surface area is 201 Å². The highest BCUT2D eigenvalue weighted by molar-refractivity contribution is 6.05. The number of nitrogens with one attached hydrogen (secondary N) is 2. The molecule has 0 radical (unpaired) electrons. The van der Waals surface area contributed by atoms with Crippen LogP contribution in [0.15, 0.2) is 47.7 Å². The number of amides is 1. The van der Waals surface area contributed by atoms with Crippen LogP contribution in [0.5, 0.6) is 0 Å². The van der Waals surface area contributed by atoms with Gasteiger partial charge in [-0.15, -0.1) is 0 Å². The molecule has 0 saturated carbocycles. The molecule has 0 aliphatic heterocycles. The molecule has 4 aromatic rings. The summed E-state index contributed by atoms with van der Waals surface area (Å²) >= 11 is 0. The Bertz CT molecular complexity index is 1510. The predicted molar refractivity (Wildman–Crippen MR) is 133 cm³/mol. The molecule has 0 bridgehead atoms. The number of H-pyrrole nitrogens is 1. The zero-order chi connectivity index (χ0) is 25.1. The van der Waals surface area contributed by atoms with Gasteiger partial charge in [-0.05, 0) is 45.9 Å². The molecule has 3 heterocycles. The van der Waals surface area contributed by atoms with Crippen molar-refractivity contribution in [3.63, 3.8) is 0 Å². The Hall–Kier alpha value is -4.47. The second-order valence-corrected chi connectivity index (χ2v) is 7.79. The van der Waals surface area contributed by atoms with Crippen LogP contribution >= 0.6 is 0 Å². The third-order valence-electron chi connectivity index (χ3n) is 5.79. The van der Waals surface area contributed by atoms with Crippen molar-refractivity contribution < 1.29 is 14.3 Å². The van der Waals surface area contributed by atoms with E-state index in [1.807, 2.05) is 25.3 Å². The molecular formula is C25H26N6O4. The largest absolute Gasteiger partial charge is 0.462 e. The van der Waals surface area contributed by atoms with Crippen molar-refractivity contribution in [2.45, 2.75) is 34.2 Å². The van der Waals surface area contributed by atoms with Crippen molar-refractivity contribution in [1.82, 2.24) is 24.3 Å². The molecule has 0 saturated heterocycles. The highest BCUT2D eigenvalue weighted by Crippen LogP contribution is 2.26. The summed E-state index contributed by atoms with van der Waals surface area (Å²) in [6.45, 7) is 8.47. The van der Waals surface area contributed by atoms with E-state index >= 15 is 0 Å². The number of esters is 1. The van der Waals surface area contributed by atoms with Crippen molar-refractivity contribution in [3.05, 3.63) is 75.7 Å². The third-order valence-corrected chi connectivity index (χ3v) is 5.79. The van der Waals surface area contributed by atoms with Crippen LogP contribution in [0.2, 0.25) is 0 Å². The van der Waals surface area contributed by atoms with E-state index in [1.165, 1.54) is 23.3 Å². The minimum atomic E-state index is -0.418. The first kappa shape index (κ1) is 23.7. The van der Waals surface area contributed by atoms with E-state index in [4.69, 9.17) is 4.74 Å². The van der Waals surface area contributed by atoms with Crippen molar-refractivity contribution >= 4 is 34.7 Å². The average molecular weight is 475 g/mol. The van der Waals surface area contributed by atoms with E-state index in [0.717, 1.165) is 11.4 Å². The zero-order valence-corrected chi connectivity index (χ0v) is 20.0. The molecule has 3 aromatic heterocycles. The van der Waals surface area contributed by atoms with Crippen molar-refractivity contribution in [3.8, 4) is 5.69 Å². The predicted octanol–water partition coefficient (Wildman–Crippen LogP) is 3.38. The zero-order valence-electron chi connectivity index (χ0n) is 20.0.